The van der Waals surface area contributed by atoms with Crippen LogP contribution in [0.15, 0.2) is 18.3 Å². The Labute approximate surface area is 81.6 Å². The Morgan fingerprint density at radius 3 is 2.73 bits per heavy atom. The molecule has 0 aliphatic rings. The van der Waals surface area contributed by atoms with Gasteiger partial charge in [0, 0.05) is 0 Å². The van der Waals surface area contributed by atoms with E-state index in [1.54, 1.807) is 0 Å². The molecule has 0 aromatic carbocycles. The van der Waals surface area contributed by atoms with Crippen LogP contribution < -0.4 is 4.74 Å². The monoisotopic (exact) mass is 222 g/mol. The van der Waals surface area contributed by atoms with Crippen LogP contribution >= 0.6 is 0 Å². The van der Waals surface area contributed by atoms with Crippen molar-refractivity contribution in [3.8, 4) is 5.75 Å². The Morgan fingerprint density at radius 1 is 1.53 bits per heavy atom. The zero-order chi connectivity index (χ0) is 11.5. The molecule has 0 fully saturated rings. The minimum Gasteiger partial charge on any atom is -0.476 e. The lowest BCUT2D eigenvalue weighted by Crippen LogP contribution is -2.19. The molecule has 5 nitrogen and oxygen atoms in total. The second kappa shape index (κ2) is 4.11. The third-order valence-corrected chi connectivity index (χ3v) is 1.32. The maximum Gasteiger partial charge on any atom is 0.422 e. The molecule has 1 aromatic heterocycles. The molecule has 0 N–H and O–H groups in total. The van der Waals surface area contributed by atoms with E-state index in [-0.39, 0.29) is 0 Å². The van der Waals surface area contributed by atoms with Gasteiger partial charge in [-0.05, 0) is 22.0 Å². The quantitative estimate of drug-likeness (QED) is 0.578. The molecule has 1 rings (SSSR count). The van der Waals surface area contributed by atoms with Gasteiger partial charge in [0.1, 0.15) is 6.20 Å². The summed E-state index contributed by atoms with van der Waals surface area (Å²) in [7, 11) is 0. The van der Waals surface area contributed by atoms with E-state index >= 15 is 0 Å². The van der Waals surface area contributed by atoms with Crippen molar-refractivity contribution in [2.24, 2.45) is 0 Å². The molecule has 0 aliphatic heterocycles. The van der Waals surface area contributed by atoms with Gasteiger partial charge in [-0.3, -0.25) is 0 Å². The molecule has 15 heavy (non-hydrogen) atoms. The van der Waals surface area contributed by atoms with Gasteiger partial charge in [0.05, 0.1) is 0 Å². The third-order valence-electron chi connectivity index (χ3n) is 1.32. The standard InChI is InChI=1S/C7H5F3N2O3/c8-7(9,10)4-15-5-2-1-3-11-6(5)12(13)14/h1-3H,4H2. The summed E-state index contributed by atoms with van der Waals surface area (Å²) in [5.41, 5.74) is 0. The number of rotatable bonds is 3. The molecular formula is C7H5F3N2O3. The van der Waals surface area contributed by atoms with E-state index < -0.39 is 29.3 Å². The number of alkyl halides is 3. The second-order valence-corrected chi connectivity index (χ2v) is 2.49. The smallest absolute Gasteiger partial charge is 0.422 e. The Bertz CT molecular complexity index is 367. The summed E-state index contributed by atoms with van der Waals surface area (Å²) in [6.07, 6.45) is -3.44. The van der Waals surface area contributed by atoms with Gasteiger partial charge in [-0.15, -0.1) is 0 Å². The fourth-order valence-corrected chi connectivity index (χ4v) is 0.792. The summed E-state index contributed by atoms with van der Waals surface area (Å²) in [5.74, 6) is -1.23. The molecular weight excluding hydrogens is 217 g/mol. The van der Waals surface area contributed by atoms with Crippen LogP contribution in [0.3, 0.4) is 0 Å². The normalized spacial score (nSPS) is 11.1. The summed E-state index contributed by atoms with van der Waals surface area (Å²) in [5, 5.41) is 10.3. The number of nitrogens with zero attached hydrogens (tertiary/aromatic N) is 2. The summed E-state index contributed by atoms with van der Waals surface area (Å²) in [6.45, 7) is -1.58. The molecule has 1 aromatic rings. The molecule has 1 heterocycles. The first-order valence-corrected chi connectivity index (χ1v) is 3.69. The predicted octanol–water partition coefficient (Wildman–Crippen LogP) is 1.93. The number of hydrogen-bond acceptors (Lipinski definition) is 4. The summed E-state index contributed by atoms with van der Waals surface area (Å²) >= 11 is 0. The maximum absolute atomic E-state index is 11.8. The Kier molecular flexibility index (Phi) is 3.08. The Hall–Kier alpha value is -1.86. The first-order valence-electron chi connectivity index (χ1n) is 3.69. The van der Waals surface area contributed by atoms with Crippen molar-refractivity contribution in [1.82, 2.24) is 4.98 Å². The van der Waals surface area contributed by atoms with Crippen LogP contribution in [0.1, 0.15) is 0 Å². The van der Waals surface area contributed by atoms with E-state index in [4.69, 9.17) is 0 Å². The van der Waals surface area contributed by atoms with E-state index in [1.807, 2.05) is 0 Å². The third kappa shape index (κ3) is 3.41. The SMILES string of the molecule is O=[N+]([O-])c1ncccc1OCC(F)(F)F. The molecule has 0 saturated carbocycles. The average molecular weight is 222 g/mol. The Morgan fingerprint density at radius 2 is 2.20 bits per heavy atom. The molecule has 82 valence electrons. The van der Waals surface area contributed by atoms with Crippen LogP contribution in [0, 0.1) is 10.1 Å². The van der Waals surface area contributed by atoms with Crippen molar-refractivity contribution in [2.75, 3.05) is 6.61 Å². The topological polar surface area (TPSA) is 65.3 Å². The van der Waals surface area contributed by atoms with Gasteiger partial charge < -0.3 is 14.9 Å². The van der Waals surface area contributed by atoms with E-state index in [9.17, 15) is 23.3 Å². The molecule has 0 saturated heterocycles. The van der Waals surface area contributed by atoms with Crippen LogP contribution in [0.5, 0.6) is 5.75 Å². The number of halogens is 3. The average Bonchev–Trinajstić information content (AvgIpc) is 2.14. The second-order valence-electron chi connectivity index (χ2n) is 2.49. The van der Waals surface area contributed by atoms with Crippen LogP contribution in [0.4, 0.5) is 19.0 Å². The van der Waals surface area contributed by atoms with Gasteiger partial charge in [-0.25, -0.2) is 0 Å². The number of aromatic nitrogens is 1. The summed E-state index contributed by atoms with van der Waals surface area (Å²) < 4.78 is 39.5. The number of ether oxygens (including phenoxy) is 1. The highest BCUT2D eigenvalue weighted by Gasteiger charge is 2.30. The minimum atomic E-state index is -4.54. The molecule has 0 bridgehead atoms. The number of pyridine rings is 1. The van der Waals surface area contributed by atoms with Crippen molar-refractivity contribution >= 4 is 5.82 Å². The highest BCUT2D eigenvalue weighted by Crippen LogP contribution is 2.25. The van der Waals surface area contributed by atoms with Crippen molar-refractivity contribution in [3.05, 3.63) is 28.4 Å². The highest BCUT2D eigenvalue weighted by atomic mass is 19.4. The number of hydrogen-bond donors (Lipinski definition) is 0. The lowest BCUT2D eigenvalue weighted by Gasteiger charge is -2.08. The van der Waals surface area contributed by atoms with Crippen molar-refractivity contribution in [2.45, 2.75) is 6.18 Å². The fourth-order valence-electron chi connectivity index (χ4n) is 0.792. The molecule has 0 amide bonds. The van der Waals surface area contributed by atoms with Crippen LogP contribution in [-0.2, 0) is 0 Å². The lowest BCUT2D eigenvalue weighted by atomic mass is 10.4. The van der Waals surface area contributed by atoms with Gasteiger partial charge in [0.2, 0.25) is 5.75 Å². The largest absolute Gasteiger partial charge is 0.476 e. The van der Waals surface area contributed by atoms with Gasteiger partial charge in [0.15, 0.2) is 6.61 Å². The van der Waals surface area contributed by atoms with Crippen LogP contribution in [0.25, 0.3) is 0 Å². The van der Waals surface area contributed by atoms with Crippen LogP contribution in [0.2, 0.25) is 0 Å². The fraction of sp³-hybridized carbons (Fsp3) is 0.286. The van der Waals surface area contributed by atoms with Gasteiger partial charge in [-0.1, -0.05) is 0 Å². The zero-order valence-electron chi connectivity index (χ0n) is 7.19. The van der Waals surface area contributed by atoms with Crippen molar-refractivity contribution in [1.29, 1.82) is 0 Å². The Balaban J connectivity index is 2.81. The van der Waals surface area contributed by atoms with Gasteiger partial charge >= 0.3 is 12.0 Å². The van der Waals surface area contributed by atoms with Gasteiger partial charge in [-0.2, -0.15) is 13.2 Å². The molecule has 8 heteroatoms. The van der Waals surface area contributed by atoms with E-state index in [2.05, 4.69) is 9.72 Å². The zero-order valence-corrected chi connectivity index (χ0v) is 7.19. The summed E-state index contributed by atoms with van der Waals surface area (Å²) in [6, 6.07) is 2.30. The van der Waals surface area contributed by atoms with Crippen molar-refractivity contribution < 1.29 is 22.8 Å². The van der Waals surface area contributed by atoms with E-state index in [1.165, 1.54) is 6.07 Å². The molecule has 0 atom stereocenters. The molecule has 0 unspecified atom stereocenters. The first-order chi connectivity index (χ1) is 6.90. The number of nitro groups is 1. The van der Waals surface area contributed by atoms with E-state index in [0.717, 1.165) is 12.3 Å². The summed E-state index contributed by atoms with van der Waals surface area (Å²) in [4.78, 5) is 12.7. The maximum atomic E-state index is 11.8. The highest BCUT2D eigenvalue weighted by molar-refractivity contribution is 5.38. The molecule has 0 spiro atoms. The first kappa shape index (κ1) is 11.2. The molecule has 0 aliphatic carbocycles. The predicted molar refractivity (Wildman–Crippen MR) is 42.4 cm³/mol. The van der Waals surface area contributed by atoms with E-state index in [0.29, 0.717) is 0 Å². The van der Waals surface area contributed by atoms with Crippen LogP contribution in [-0.4, -0.2) is 22.7 Å². The lowest BCUT2D eigenvalue weighted by molar-refractivity contribution is -0.390. The molecule has 0 radical (unpaired) electrons. The van der Waals surface area contributed by atoms with Crippen molar-refractivity contribution in [3.63, 3.8) is 0 Å². The minimum absolute atomic E-state index is 0.500. The van der Waals surface area contributed by atoms with Gasteiger partial charge in [0.25, 0.3) is 0 Å².